The van der Waals surface area contributed by atoms with Crippen LogP contribution in [0.25, 0.3) is 172 Å². The third-order valence-corrected chi connectivity index (χ3v) is 18.3. The fourth-order valence-corrected chi connectivity index (χ4v) is 14.5. The number of hydrogen-bond acceptors (Lipinski definition) is 3. The molecule has 0 aliphatic heterocycles. The van der Waals surface area contributed by atoms with E-state index in [1.807, 2.05) is 36.4 Å². The van der Waals surface area contributed by atoms with Crippen molar-refractivity contribution in [3.63, 3.8) is 0 Å². The molecule has 13 aromatic carbocycles. The number of nitrogens with zero attached hydrogens (tertiary/aromatic N) is 8. The fraction of sp³-hybridized carbons (Fsp3) is 0. The lowest BCUT2D eigenvalue weighted by Gasteiger charge is -2.13. The van der Waals surface area contributed by atoms with Gasteiger partial charge < -0.3 is 18.3 Å². The van der Waals surface area contributed by atoms with Crippen LogP contribution < -0.4 is 0 Å². The molecule has 0 N–H and O–H groups in total. The average Bonchev–Trinajstić information content (AvgIpc) is 1.75. The Labute approximate surface area is 509 Å². The van der Waals surface area contributed by atoms with Gasteiger partial charge in [0.1, 0.15) is 0 Å². The lowest BCUT2D eigenvalue weighted by atomic mass is 10.00. The van der Waals surface area contributed by atoms with Crippen molar-refractivity contribution >= 4 is 109 Å². The second-order valence-corrected chi connectivity index (χ2v) is 23.1. The highest BCUT2D eigenvalue weighted by Gasteiger charge is 2.26. The normalized spacial score (nSPS) is 12.0. The Hall–Kier alpha value is -12.1. The van der Waals surface area contributed by atoms with Gasteiger partial charge in [-0.05, 0) is 108 Å². The van der Waals surface area contributed by atoms with Gasteiger partial charge in [0.2, 0.25) is 5.95 Å². The molecule has 0 saturated heterocycles. The van der Waals surface area contributed by atoms with E-state index in [4.69, 9.17) is 15.0 Å². The Morgan fingerprint density at radius 2 is 0.483 bits per heavy atom. The summed E-state index contributed by atoms with van der Waals surface area (Å²) in [6, 6.07) is 110. The first-order chi connectivity index (χ1) is 44.2. The Kier molecular flexibility index (Phi) is 10.6. The van der Waals surface area contributed by atoms with Crippen LogP contribution >= 0.6 is 0 Å². The minimum Gasteiger partial charge on any atom is -0.307 e. The quantitative estimate of drug-likeness (QED) is 0.152. The van der Waals surface area contributed by atoms with Crippen molar-refractivity contribution in [3.8, 4) is 62.6 Å². The molecule has 19 aromatic rings. The van der Waals surface area contributed by atoms with E-state index in [1.54, 1.807) is 0 Å². The van der Waals surface area contributed by atoms with E-state index in [0.29, 0.717) is 17.6 Å². The zero-order valence-electron chi connectivity index (χ0n) is 47.9. The minimum atomic E-state index is 0.557. The Morgan fingerprint density at radius 3 is 0.910 bits per heavy atom. The van der Waals surface area contributed by atoms with Crippen LogP contribution in [0.1, 0.15) is 0 Å². The maximum Gasteiger partial charge on any atom is 0.238 e. The van der Waals surface area contributed by atoms with E-state index in [-0.39, 0.29) is 0 Å². The number of fused-ring (bicyclic) bond motifs is 17. The maximum atomic E-state index is 5.26. The topological polar surface area (TPSA) is 63.3 Å². The molecule has 0 radical (unpaired) electrons. The zero-order chi connectivity index (χ0) is 58.3. The van der Waals surface area contributed by atoms with Gasteiger partial charge in [-0.15, -0.1) is 0 Å². The Bertz CT molecular complexity index is 6020. The molecule has 89 heavy (non-hydrogen) atoms. The lowest BCUT2D eigenvalue weighted by molar-refractivity contribution is 0.953. The molecule has 0 aliphatic carbocycles. The molecule has 6 heterocycles. The molecule has 0 unspecified atom stereocenters. The molecule has 0 amide bonds. The van der Waals surface area contributed by atoms with Crippen LogP contribution in [0.3, 0.4) is 0 Å². The van der Waals surface area contributed by atoms with Gasteiger partial charge >= 0.3 is 0 Å². The molecule has 0 spiro atoms. The molecule has 414 valence electrons. The molecule has 6 aromatic heterocycles. The van der Waals surface area contributed by atoms with Crippen LogP contribution in [-0.4, -0.2) is 37.8 Å². The largest absolute Gasteiger partial charge is 0.307 e. The van der Waals surface area contributed by atoms with Gasteiger partial charge in [-0.2, -0.15) is 9.97 Å². The van der Waals surface area contributed by atoms with E-state index in [1.165, 1.54) is 59.6 Å². The summed E-state index contributed by atoms with van der Waals surface area (Å²) in [6.45, 7) is 0. The minimum absolute atomic E-state index is 0.557. The first kappa shape index (κ1) is 49.2. The molecule has 0 atom stereocenters. The van der Waals surface area contributed by atoms with Gasteiger partial charge in [-0.1, -0.05) is 206 Å². The van der Waals surface area contributed by atoms with Gasteiger partial charge in [-0.25, -0.2) is 4.98 Å². The van der Waals surface area contributed by atoms with Gasteiger partial charge in [0.25, 0.3) is 0 Å². The summed E-state index contributed by atoms with van der Waals surface area (Å²) in [4.78, 5) is 15.6. The number of para-hydroxylation sites is 6. The number of hydrogen-bond donors (Lipinski definition) is 0. The van der Waals surface area contributed by atoms with E-state index >= 15 is 0 Å². The van der Waals surface area contributed by atoms with E-state index in [2.05, 4.69) is 290 Å². The highest BCUT2D eigenvalue weighted by atomic mass is 15.2. The van der Waals surface area contributed by atoms with Crippen LogP contribution in [0.2, 0.25) is 0 Å². The first-order valence-corrected chi connectivity index (χ1v) is 30.3. The van der Waals surface area contributed by atoms with E-state index < -0.39 is 0 Å². The fourth-order valence-electron chi connectivity index (χ4n) is 14.5. The standard InChI is InChI=1S/C81H50N8/c1-6-22-51(23-7-1)79-82-80(52-24-8-2-9-25-52)84-81(83-79)89-71-37-21-18-34-61(71)68-50-58(40-47-74(68)89)88-73-46-39-54(49-67(73)65-44-42-63-60-33-17-20-36-70(60)86(76(63)78(65)88)56-28-12-4-13-29-56)53-38-45-72-66(48-53)64-43-41-62-59-32-16-19-35-69(59)85(55-26-10-3-11-27-55)75(62)77(64)87(72)57-30-14-5-15-31-57/h1-50H. The molecular weight excluding hydrogens is 1080 g/mol. The lowest BCUT2D eigenvalue weighted by Crippen LogP contribution is -2.06. The summed E-state index contributed by atoms with van der Waals surface area (Å²) in [5.74, 6) is 1.78. The smallest absolute Gasteiger partial charge is 0.238 e. The molecule has 0 aliphatic rings. The van der Waals surface area contributed by atoms with Crippen LogP contribution in [0.4, 0.5) is 0 Å². The zero-order valence-corrected chi connectivity index (χ0v) is 47.9. The third kappa shape index (κ3) is 7.32. The second kappa shape index (κ2) is 19.2. The molecule has 19 rings (SSSR count). The summed E-state index contributed by atoms with van der Waals surface area (Å²) in [6.07, 6.45) is 0. The van der Waals surface area contributed by atoms with Crippen molar-refractivity contribution in [3.05, 3.63) is 303 Å². The van der Waals surface area contributed by atoms with Gasteiger partial charge in [-0.3, -0.25) is 4.57 Å². The first-order valence-electron chi connectivity index (χ1n) is 30.3. The SMILES string of the molecule is c1ccc(-c2nc(-c3ccccc3)nc(-n3c4ccccc4c4cc(-n5c6ccc(-c7ccc8c(c7)c7ccc9c%10ccccc%10n(-c%10ccccc%10)c9c7n8-c7ccccc7)cc6c6ccc7c8ccccc8n(-c8ccccc8)c7c65)ccc43)n2)cc1. The summed E-state index contributed by atoms with van der Waals surface area (Å²) in [7, 11) is 0. The number of aromatic nitrogens is 8. The summed E-state index contributed by atoms with van der Waals surface area (Å²) < 4.78 is 12.1. The van der Waals surface area contributed by atoms with Crippen molar-refractivity contribution in [2.45, 2.75) is 0 Å². The van der Waals surface area contributed by atoms with Crippen molar-refractivity contribution in [2.24, 2.45) is 0 Å². The Morgan fingerprint density at radius 1 is 0.180 bits per heavy atom. The Balaban J connectivity index is 0.864. The molecule has 0 fully saturated rings. The maximum absolute atomic E-state index is 5.26. The van der Waals surface area contributed by atoms with Crippen LogP contribution in [0.15, 0.2) is 303 Å². The molecule has 8 nitrogen and oxygen atoms in total. The van der Waals surface area contributed by atoms with Crippen LogP contribution in [-0.2, 0) is 0 Å². The van der Waals surface area contributed by atoms with Crippen molar-refractivity contribution < 1.29 is 0 Å². The molecule has 8 heteroatoms. The molecule has 0 saturated carbocycles. The third-order valence-electron chi connectivity index (χ3n) is 18.3. The molecular formula is C81H50N8. The van der Waals surface area contributed by atoms with E-state index in [0.717, 1.165) is 94.4 Å². The van der Waals surface area contributed by atoms with Crippen molar-refractivity contribution in [1.82, 2.24) is 37.8 Å². The highest BCUT2D eigenvalue weighted by Crippen LogP contribution is 2.46. The van der Waals surface area contributed by atoms with Crippen LogP contribution in [0, 0.1) is 0 Å². The highest BCUT2D eigenvalue weighted by molar-refractivity contribution is 6.26. The molecule has 0 bridgehead atoms. The average molecular weight is 1140 g/mol. The van der Waals surface area contributed by atoms with Gasteiger partial charge in [0, 0.05) is 87.7 Å². The summed E-state index contributed by atoms with van der Waals surface area (Å²) in [5, 5.41) is 11.8. The second-order valence-electron chi connectivity index (χ2n) is 23.1. The van der Waals surface area contributed by atoms with Crippen molar-refractivity contribution in [2.75, 3.05) is 0 Å². The van der Waals surface area contributed by atoms with Crippen molar-refractivity contribution in [1.29, 1.82) is 0 Å². The van der Waals surface area contributed by atoms with Gasteiger partial charge in [0.15, 0.2) is 11.6 Å². The monoisotopic (exact) mass is 1130 g/mol. The predicted octanol–water partition coefficient (Wildman–Crippen LogP) is 20.4. The summed E-state index contributed by atoms with van der Waals surface area (Å²) in [5.41, 5.74) is 19.8. The number of rotatable bonds is 8. The van der Waals surface area contributed by atoms with Crippen LogP contribution in [0.5, 0.6) is 0 Å². The predicted molar refractivity (Wildman–Crippen MR) is 368 cm³/mol. The van der Waals surface area contributed by atoms with E-state index in [9.17, 15) is 0 Å². The summed E-state index contributed by atoms with van der Waals surface area (Å²) >= 11 is 0. The van der Waals surface area contributed by atoms with Gasteiger partial charge in [0.05, 0.1) is 55.2 Å². The number of benzene rings is 13.